The number of aliphatic hydroxyl groups excluding tert-OH is 1. The number of carbonyl (C=O) groups excluding carboxylic acids is 3. The van der Waals surface area contributed by atoms with Gasteiger partial charge in [0.1, 0.15) is 11.9 Å². The summed E-state index contributed by atoms with van der Waals surface area (Å²) in [5.41, 5.74) is -0.482. The van der Waals surface area contributed by atoms with Gasteiger partial charge < -0.3 is 14.6 Å². The van der Waals surface area contributed by atoms with E-state index in [0.717, 1.165) is 19.3 Å². The first-order chi connectivity index (χ1) is 18.4. The maximum absolute atomic E-state index is 13.5. The van der Waals surface area contributed by atoms with Crippen LogP contribution >= 0.6 is 0 Å². The Balaban J connectivity index is 1.54. The zero-order valence-corrected chi connectivity index (χ0v) is 23.3. The fraction of sp³-hybridized carbons (Fsp3) is 0.562. The summed E-state index contributed by atoms with van der Waals surface area (Å²) in [6, 6.07) is 8.72. The molecule has 3 saturated carbocycles. The number of nitrogens with zero attached hydrogens (tertiary/aromatic N) is 1. The SMILES string of the molecule is C=CC1(C)C[C@@H](OC(=O)COC(=O)/C=C/c2ccc(C#N)cc2)[C@@]2(C)[C@@H]3C(=O)CCC3(CC[C@@H]2C)[C@@H](C)[C@@H]1O. The van der Waals surface area contributed by atoms with E-state index in [1.807, 2.05) is 13.0 Å². The number of hydrogen-bond acceptors (Lipinski definition) is 7. The van der Waals surface area contributed by atoms with E-state index in [-0.39, 0.29) is 29.0 Å². The molecule has 208 valence electrons. The molecule has 3 aliphatic rings. The normalized spacial score (nSPS) is 37.7. The predicted molar refractivity (Wildman–Crippen MR) is 146 cm³/mol. The molecule has 2 bridgehead atoms. The lowest BCUT2D eigenvalue weighted by atomic mass is 9.44. The average Bonchev–Trinajstić information content (AvgIpc) is 3.29. The van der Waals surface area contributed by atoms with E-state index in [1.165, 1.54) is 12.2 Å². The topological polar surface area (TPSA) is 114 Å². The van der Waals surface area contributed by atoms with Crippen molar-refractivity contribution in [3.63, 3.8) is 0 Å². The quantitative estimate of drug-likeness (QED) is 0.310. The van der Waals surface area contributed by atoms with Crippen LogP contribution in [0.2, 0.25) is 0 Å². The van der Waals surface area contributed by atoms with Crippen LogP contribution in [0.1, 0.15) is 70.9 Å². The predicted octanol–water partition coefficient (Wildman–Crippen LogP) is 5.02. The Morgan fingerprint density at radius 1 is 1.21 bits per heavy atom. The van der Waals surface area contributed by atoms with Crippen LogP contribution in [-0.2, 0) is 23.9 Å². The number of hydrogen-bond donors (Lipinski definition) is 1. The van der Waals surface area contributed by atoms with Gasteiger partial charge in [-0.15, -0.1) is 6.58 Å². The summed E-state index contributed by atoms with van der Waals surface area (Å²) < 4.78 is 11.2. The fourth-order valence-corrected chi connectivity index (χ4v) is 7.71. The highest BCUT2D eigenvalue weighted by atomic mass is 16.6. The van der Waals surface area contributed by atoms with Crippen LogP contribution in [0.15, 0.2) is 43.0 Å². The van der Waals surface area contributed by atoms with Gasteiger partial charge >= 0.3 is 11.9 Å². The van der Waals surface area contributed by atoms with E-state index < -0.39 is 41.6 Å². The molecule has 0 radical (unpaired) electrons. The van der Waals surface area contributed by atoms with E-state index in [4.69, 9.17) is 14.7 Å². The van der Waals surface area contributed by atoms with Crippen molar-refractivity contribution in [3.8, 4) is 6.07 Å². The van der Waals surface area contributed by atoms with Crippen molar-refractivity contribution >= 4 is 23.8 Å². The number of nitriles is 1. The monoisotopic (exact) mass is 533 g/mol. The Bertz CT molecular complexity index is 1210. The molecule has 0 amide bonds. The number of ketones is 1. The molecule has 3 aliphatic carbocycles. The van der Waals surface area contributed by atoms with Crippen molar-refractivity contribution in [3.05, 3.63) is 54.1 Å². The van der Waals surface area contributed by atoms with Gasteiger partial charge in [0.05, 0.1) is 17.7 Å². The molecule has 1 aromatic carbocycles. The average molecular weight is 534 g/mol. The van der Waals surface area contributed by atoms with Crippen molar-refractivity contribution in [2.45, 2.75) is 72.0 Å². The van der Waals surface area contributed by atoms with Gasteiger partial charge in [-0.1, -0.05) is 45.9 Å². The second-order valence-electron chi connectivity index (χ2n) is 12.2. The first-order valence-electron chi connectivity index (χ1n) is 13.8. The Morgan fingerprint density at radius 2 is 1.90 bits per heavy atom. The Morgan fingerprint density at radius 3 is 2.54 bits per heavy atom. The highest BCUT2D eigenvalue weighted by molar-refractivity contribution is 5.88. The molecule has 0 aromatic heterocycles. The van der Waals surface area contributed by atoms with Gasteiger partial charge in [-0.05, 0) is 66.7 Å². The zero-order chi connectivity index (χ0) is 28.6. The minimum atomic E-state index is -0.743. The van der Waals surface area contributed by atoms with Crippen molar-refractivity contribution in [1.29, 1.82) is 5.26 Å². The number of carbonyl (C=O) groups is 3. The lowest BCUT2D eigenvalue weighted by molar-refractivity contribution is -0.208. The molecule has 8 atom stereocenters. The first-order valence-corrected chi connectivity index (χ1v) is 13.8. The van der Waals surface area contributed by atoms with Crippen molar-refractivity contribution < 1.29 is 29.0 Å². The maximum Gasteiger partial charge on any atom is 0.344 e. The van der Waals surface area contributed by atoms with Gasteiger partial charge in [-0.25, -0.2) is 9.59 Å². The summed E-state index contributed by atoms with van der Waals surface area (Å²) in [6.45, 7) is 11.6. The fourth-order valence-electron chi connectivity index (χ4n) is 7.71. The number of rotatable bonds is 6. The van der Waals surface area contributed by atoms with E-state index in [0.29, 0.717) is 24.0 Å². The molecule has 0 aliphatic heterocycles. The van der Waals surface area contributed by atoms with Gasteiger partial charge in [0.2, 0.25) is 0 Å². The number of aliphatic hydroxyl groups is 1. The first kappa shape index (κ1) is 28.8. The zero-order valence-electron chi connectivity index (χ0n) is 23.3. The van der Waals surface area contributed by atoms with Gasteiger partial charge in [-0.2, -0.15) is 5.26 Å². The summed E-state index contributed by atoms with van der Waals surface area (Å²) in [5, 5.41) is 20.5. The highest BCUT2D eigenvalue weighted by Gasteiger charge is 2.68. The van der Waals surface area contributed by atoms with Crippen molar-refractivity contribution in [1.82, 2.24) is 0 Å². The summed E-state index contributed by atoms with van der Waals surface area (Å²) in [5.74, 6) is -1.51. The van der Waals surface area contributed by atoms with Gasteiger partial charge in [0.15, 0.2) is 6.61 Å². The Kier molecular flexibility index (Phi) is 7.91. The summed E-state index contributed by atoms with van der Waals surface area (Å²) in [7, 11) is 0. The minimum Gasteiger partial charge on any atom is -0.459 e. The third kappa shape index (κ3) is 4.96. The van der Waals surface area contributed by atoms with Crippen LogP contribution in [0.4, 0.5) is 0 Å². The third-order valence-corrected chi connectivity index (χ3v) is 10.4. The van der Waals surface area contributed by atoms with Crippen molar-refractivity contribution in [2.75, 3.05) is 6.61 Å². The summed E-state index contributed by atoms with van der Waals surface area (Å²) in [6.07, 6.45) is 6.36. The maximum atomic E-state index is 13.5. The minimum absolute atomic E-state index is 0.107. The summed E-state index contributed by atoms with van der Waals surface area (Å²) >= 11 is 0. The molecule has 7 nitrogen and oxygen atoms in total. The van der Waals surface area contributed by atoms with Crippen LogP contribution in [0.5, 0.6) is 0 Å². The van der Waals surface area contributed by atoms with Crippen LogP contribution in [0, 0.1) is 45.3 Å². The highest BCUT2D eigenvalue weighted by Crippen LogP contribution is 2.67. The molecule has 1 N–H and O–H groups in total. The summed E-state index contributed by atoms with van der Waals surface area (Å²) in [4.78, 5) is 38.8. The van der Waals surface area contributed by atoms with E-state index in [2.05, 4.69) is 27.4 Å². The van der Waals surface area contributed by atoms with Crippen LogP contribution in [-0.4, -0.2) is 41.6 Å². The van der Waals surface area contributed by atoms with E-state index in [1.54, 1.807) is 30.3 Å². The van der Waals surface area contributed by atoms with Gasteiger partial charge in [-0.3, -0.25) is 4.79 Å². The third-order valence-electron chi connectivity index (χ3n) is 10.4. The van der Waals surface area contributed by atoms with Crippen LogP contribution < -0.4 is 0 Å². The largest absolute Gasteiger partial charge is 0.459 e. The second kappa shape index (κ2) is 10.7. The van der Waals surface area contributed by atoms with Crippen LogP contribution in [0.3, 0.4) is 0 Å². The van der Waals surface area contributed by atoms with Gasteiger partial charge in [0, 0.05) is 29.2 Å². The molecule has 39 heavy (non-hydrogen) atoms. The standard InChI is InChI=1S/C32H39NO6/c1-6-30(4)17-25(39-27(36)19-38-26(35)12-11-22-7-9-23(18-33)10-8-22)31(5)20(2)13-15-32(21(3)29(30)37)16-14-24(34)28(31)32/h6-12,20-21,25,28-29,37H,1,13-17,19H2,2-5H3/b12-11+/t20-,21-,25+,28-,29-,30?,31-,32?/m0/s1. The van der Waals surface area contributed by atoms with E-state index in [9.17, 15) is 19.5 Å². The number of ether oxygens (including phenoxy) is 2. The number of benzene rings is 1. The molecule has 0 spiro atoms. The van der Waals surface area contributed by atoms with Crippen LogP contribution in [0.25, 0.3) is 6.08 Å². The lowest BCUT2D eigenvalue weighted by Gasteiger charge is -2.61. The molecule has 4 rings (SSSR count). The van der Waals surface area contributed by atoms with E-state index >= 15 is 0 Å². The van der Waals surface area contributed by atoms with Gasteiger partial charge in [0.25, 0.3) is 0 Å². The molecule has 3 fully saturated rings. The number of esters is 2. The lowest BCUT2D eigenvalue weighted by Crippen LogP contribution is -2.63. The molecule has 1 aromatic rings. The molecule has 2 unspecified atom stereocenters. The molecule has 0 heterocycles. The molecular formula is C32H39NO6. The Labute approximate surface area is 230 Å². The Hall–Kier alpha value is -3.24. The smallest absolute Gasteiger partial charge is 0.344 e. The number of Topliss-reactive ketones (excluding diaryl/α,β-unsaturated/α-hetero) is 1. The molecular weight excluding hydrogens is 494 g/mol. The molecule has 0 saturated heterocycles. The molecule has 7 heteroatoms. The second-order valence-corrected chi connectivity index (χ2v) is 12.2. The van der Waals surface area contributed by atoms with Crippen molar-refractivity contribution in [2.24, 2.45) is 34.0 Å².